The van der Waals surface area contributed by atoms with Crippen LogP contribution in [-0.4, -0.2) is 31.3 Å². The Hall–Kier alpha value is -3.28. The number of hydrogen-bond acceptors (Lipinski definition) is 5. The minimum absolute atomic E-state index is 0.653. The number of benzene rings is 1. The summed E-state index contributed by atoms with van der Waals surface area (Å²) in [5.74, 6) is 1.47. The zero-order valence-corrected chi connectivity index (χ0v) is 14.6. The van der Waals surface area contributed by atoms with E-state index in [9.17, 15) is 0 Å². The highest BCUT2D eigenvalue weighted by Crippen LogP contribution is 2.24. The molecule has 0 amide bonds. The Labute approximate surface area is 152 Å². The van der Waals surface area contributed by atoms with Crippen LogP contribution in [0.15, 0.2) is 61.1 Å². The normalized spacial score (nSPS) is 11.0. The quantitative estimate of drug-likeness (QED) is 0.543. The first-order chi connectivity index (χ1) is 12.8. The van der Waals surface area contributed by atoms with Crippen molar-refractivity contribution in [1.82, 2.24) is 24.7 Å². The largest absolute Gasteiger partial charge is 0.369 e. The van der Waals surface area contributed by atoms with Crippen LogP contribution in [0.5, 0.6) is 0 Å². The van der Waals surface area contributed by atoms with Crippen LogP contribution in [0.4, 0.5) is 5.82 Å². The molecule has 4 rings (SSSR count). The van der Waals surface area contributed by atoms with E-state index in [-0.39, 0.29) is 0 Å². The Kier molecular flexibility index (Phi) is 4.55. The predicted molar refractivity (Wildman–Crippen MR) is 103 cm³/mol. The van der Waals surface area contributed by atoms with Gasteiger partial charge < -0.3 is 5.32 Å². The average molecular weight is 344 g/mol. The van der Waals surface area contributed by atoms with Gasteiger partial charge in [-0.05, 0) is 30.5 Å². The smallest absolute Gasteiger partial charge is 0.165 e. The molecule has 1 aromatic carbocycles. The van der Waals surface area contributed by atoms with Crippen LogP contribution < -0.4 is 5.32 Å². The fourth-order valence-corrected chi connectivity index (χ4v) is 2.93. The van der Waals surface area contributed by atoms with Crippen molar-refractivity contribution in [2.24, 2.45) is 7.05 Å². The van der Waals surface area contributed by atoms with E-state index in [4.69, 9.17) is 4.98 Å². The SMILES string of the molecule is Cn1ncc2c(NCCCc3ccccc3)nc(-c3cccnc3)nc21. The first-order valence-electron chi connectivity index (χ1n) is 8.69. The molecule has 0 aliphatic heterocycles. The number of aromatic nitrogens is 5. The Morgan fingerprint density at radius 3 is 2.69 bits per heavy atom. The Morgan fingerprint density at radius 2 is 1.88 bits per heavy atom. The zero-order valence-electron chi connectivity index (χ0n) is 14.6. The molecule has 1 N–H and O–H groups in total. The maximum Gasteiger partial charge on any atom is 0.165 e. The first kappa shape index (κ1) is 16.2. The van der Waals surface area contributed by atoms with E-state index in [1.807, 2.05) is 31.4 Å². The van der Waals surface area contributed by atoms with Gasteiger partial charge in [0.05, 0.1) is 11.6 Å². The molecule has 4 aromatic rings. The molecule has 130 valence electrons. The Morgan fingerprint density at radius 1 is 1.00 bits per heavy atom. The minimum atomic E-state index is 0.653. The van der Waals surface area contributed by atoms with Crippen LogP contribution in [0.25, 0.3) is 22.4 Å². The van der Waals surface area contributed by atoms with Gasteiger partial charge in [0, 0.05) is 31.5 Å². The summed E-state index contributed by atoms with van der Waals surface area (Å²) in [5.41, 5.74) is 3.05. The van der Waals surface area contributed by atoms with Crippen LogP contribution in [0.2, 0.25) is 0 Å². The van der Waals surface area contributed by atoms with Gasteiger partial charge >= 0.3 is 0 Å². The summed E-state index contributed by atoms with van der Waals surface area (Å²) in [6.07, 6.45) is 7.38. The lowest BCUT2D eigenvalue weighted by molar-refractivity contribution is 0.786. The third-order valence-corrected chi connectivity index (χ3v) is 4.29. The summed E-state index contributed by atoms with van der Waals surface area (Å²) in [7, 11) is 1.89. The molecular weight excluding hydrogens is 324 g/mol. The molecule has 0 unspecified atom stereocenters. The fourth-order valence-electron chi connectivity index (χ4n) is 2.93. The first-order valence-corrected chi connectivity index (χ1v) is 8.69. The molecule has 0 radical (unpaired) electrons. The summed E-state index contributed by atoms with van der Waals surface area (Å²) < 4.78 is 1.77. The van der Waals surface area contributed by atoms with Crippen LogP contribution in [0, 0.1) is 0 Å². The lowest BCUT2D eigenvalue weighted by Gasteiger charge is -2.09. The molecule has 3 heterocycles. The molecule has 0 aliphatic carbocycles. The standard InChI is InChI=1S/C20H20N6/c1-26-20-17(14-23-26)19(22-12-5-9-15-7-3-2-4-8-15)24-18(25-20)16-10-6-11-21-13-16/h2-4,6-8,10-11,13-14H,5,9,12H2,1H3,(H,22,24,25). The van der Waals surface area contributed by atoms with E-state index in [2.05, 4.69) is 44.6 Å². The molecule has 0 fully saturated rings. The van der Waals surface area contributed by atoms with Gasteiger partial charge in [-0.1, -0.05) is 30.3 Å². The van der Waals surface area contributed by atoms with Crippen LogP contribution in [0.1, 0.15) is 12.0 Å². The topological polar surface area (TPSA) is 68.5 Å². The highest BCUT2D eigenvalue weighted by molar-refractivity contribution is 5.88. The molecule has 0 aliphatic rings. The highest BCUT2D eigenvalue weighted by Gasteiger charge is 2.12. The number of hydrogen-bond donors (Lipinski definition) is 1. The number of pyridine rings is 1. The van der Waals surface area contributed by atoms with E-state index < -0.39 is 0 Å². The van der Waals surface area contributed by atoms with Crippen molar-refractivity contribution < 1.29 is 0 Å². The predicted octanol–water partition coefficient (Wildman–Crippen LogP) is 3.47. The second-order valence-electron chi connectivity index (χ2n) is 6.16. The summed E-state index contributed by atoms with van der Waals surface area (Å²) in [5, 5.41) is 8.71. The van der Waals surface area contributed by atoms with Gasteiger partial charge in [0.15, 0.2) is 11.5 Å². The fraction of sp³-hybridized carbons (Fsp3) is 0.200. The van der Waals surface area contributed by atoms with E-state index >= 15 is 0 Å². The molecule has 0 saturated carbocycles. The third kappa shape index (κ3) is 3.39. The van der Waals surface area contributed by atoms with Gasteiger partial charge in [-0.2, -0.15) is 5.10 Å². The van der Waals surface area contributed by atoms with Gasteiger partial charge in [-0.3, -0.25) is 9.67 Å². The van der Waals surface area contributed by atoms with Crippen molar-refractivity contribution in [1.29, 1.82) is 0 Å². The van der Waals surface area contributed by atoms with Crippen LogP contribution in [0.3, 0.4) is 0 Å². The Bertz CT molecular complexity index is 995. The van der Waals surface area contributed by atoms with E-state index in [0.29, 0.717) is 5.82 Å². The van der Waals surface area contributed by atoms with Crippen molar-refractivity contribution in [2.75, 3.05) is 11.9 Å². The Balaban J connectivity index is 1.55. The molecule has 6 heteroatoms. The minimum Gasteiger partial charge on any atom is -0.369 e. The molecule has 26 heavy (non-hydrogen) atoms. The van der Waals surface area contributed by atoms with Crippen molar-refractivity contribution >= 4 is 16.9 Å². The van der Waals surface area contributed by atoms with E-state index in [1.54, 1.807) is 17.1 Å². The third-order valence-electron chi connectivity index (χ3n) is 4.29. The molecule has 0 spiro atoms. The zero-order chi connectivity index (χ0) is 17.8. The van der Waals surface area contributed by atoms with Gasteiger partial charge in [0.1, 0.15) is 5.82 Å². The van der Waals surface area contributed by atoms with Crippen LogP contribution in [-0.2, 0) is 13.5 Å². The van der Waals surface area contributed by atoms with Crippen molar-refractivity contribution in [3.8, 4) is 11.4 Å². The number of anilines is 1. The summed E-state index contributed by atoms with van der Waals surface area (Å²) >= 11 is 0. The monoisotopic (exact) mass is 344 g/mol. The van der Waals surface area contributed by atoms with Gasteiger partial charge in [0.2, 0.25) is 0 Å². The summed E-state index contributed by atoms with van der Waals surface area (Å²) in [6, 6.07) is 14.4. The second kappa shape index (κ2) is 7.31. The lowest BCUT2D eigenvalue weighted by atomic mass is 10.1. The summed E-state index contributed by atoms with van der Waals surface area (Å²) in [4.78, 5) is 13.5. The molecule has 0 saturated heterocycles. The molecular formula is C20H20N6. The van der Waals surface area contributed by atoms with Crippen molar-refractivity contribution in [2.45, 2.75) is 12.8 Å². The van der Waals surface area contributed by atoms with Crippen molar-refractivity contribution in [3.05, 3.63) is 66.6 Å². The molecule has 3 aromatic heterocycles. The molecule has 6 nitrogen and oxygen atoms in total. The number of rotatable bonds is 6. The number of fused-ring (bicyclic) bond motifs is 1. The van der Waals surface area contributed by atoms with E-state index in [0.717, 1.165) is 41.8 Å². The van der Waals surface area contributed by atoms with Gasteiger partial charge in [-0.15, -0.1) is 0 Å². The summed E-state index contributed by atoms with van der Waals surface area (Å²) in [6.45, 7) is 0.836. The second-order valence-corrected chi connectivity index (χ2v) is 6.16. The molecule has 0 bridgehead atoms. The van der Waals surface area contributed by atoms with Crippen molar-refractivity contribution in [3.63, 3.8) is 0 Å². The number of nitrogens with one attached hydrogen (secondary N) is 1. The highest BCUT2D eigenvalue weighted by atomic mass is 15.3. The number of aryl methyl sites for hydroxylation is 2. The van der Waals surface area contributed by atoms with Gasteiger partial charge in [-0.25, -0.2) is 9.97 Å². The van der Waals surface area contributed by atoms with Gasteiger partial charge in [0.25, 0.3) is 0 Å². The van der Waals surface area contributed by atoms with Crippen LogP contribution >= 0.6 is 0 Å². The number of nitrogens with zero attached hydrogens (tertiary/aromatic N) is 5. The maximum absolute atomic E-state index is 4.71. The van der Waals surface area contributed by atoms with E-state index in [1.165, 1.54) is 5.56 Å². The lowest BCUT2D eigenvalue weighted by Crippen LogP contribution is -2.07. The average Bonchev–Trinajstić information content (AvgIpc) is 3.08. The maximum atomic E-state index is 4.71. The molecule has 0 atom stereocenters.